The van der Waals surface area contributed by atoms with Gasteiger partial charge in [-0.1, -0.05) is 50.6 Å². The van der Waals surface area contributed by atoms with Crippen molar-refractivity contribution in [3.8, 4) is 0 Å². The molecule has 1 aromatic carbocycles. The van der Waals surface area contributed by atoms with Gasteiger partial charge >= 0.3 is 0 Å². The quantitative estimate of drug-likeness (QED) is 0.600. The third-order valence-electron chi connectivity index (χ3n) is 5.07. The van der Waals surface area contributed by atoms with Gasteiger partial charge in [0.1, 0.15) is 6.10 Å². The first-order valence-electron chi connectivity index (χ1n) is 8.67. The summed E-state index contributed by atoms with van der Waals surface area (Å²) in [5.41, 5.74) is 0.988. The van der Waals surface area contributed by atoms with Crippen LogP contribution in [-0.4, -0.2) is 26.8 Å². The molecule has 0 aromatic heterocycles. The first kappa shape index (κ1) is 19.9. The summed E-state index contributed by atoms with van der Waals surface area (Å²) in [4.78, 5) is 0. The van der Waals surface area contributed by atoms with Crippen LogP contribution < -0.4 is 0 Å². The lowest BCUT2D eigenvalue weighted by molar-refractivity contribution is -0.147. The van der Waals surface area contributed by atoms with Gasteiger partial charge in [0, 0.05) is 17.2 Å². The third-order valence-corrected chi connectivity index (χ3v) is 9.95. The topological polar surface area (TPSA) is 27.7 Å². The lowest BCUT2D eigenvalue weighted by Gasteiger charge is -2.36. The molecule has 3 nitrogen and oxygen atoms in total. The van der Waals surface area contributed by atoms with Crippen molar-refractivity contribution in [3.05, 3.63) is 34.9 Å². The molecule has 0 amide bonds. The van der Waals surface area contributed by atoms with Crippen molar-refractivity contribution >= 4 is 19.9 Å². The molecule has 1 fully saturated rings. The van der Waals surface area contributed by atoms with Crippen molar-refractivity contribution < 1.29 is 13.9 Å². The predicted octanol–water partition coefficient (Wildman–Crippen LogP) is 5.94. The van der Waals surface area contributed by atoms with Gasteiger partial charge < -0.3 is 13.9 Å². The smallest absolute Gasteiger partial charge is 0.191 e. The maximum absolute atomic E-state index is 6.37. The number of halogens is 1. The SMILES string of the molecule is CC1(C)O[C@H](c2ccccc2Cl)[C@@H](CCO[Si](C)(C)C(C)(C)C)O1. The van der Waals surface area contributed by atoms with Gasteiger partial charge in [-0.2, -0.15) is 0 Å². The van der Waals surface area contributed by atoms with Gasteiger partial charge in [0.2, 0.25) is 0 Å². The van der Waals surface area contributed by atoms with E-state index >= 15 is 0 Å². The van der Waals surface area contributed by atoms with Crippen molar-refractivity contribution in [1.82, 2.24) is 0 Å². The van der Waals surface area contributed by atoms with Gasteiger partial charge in [-0.05, 0) is 44.5 Å². The lowest BCUT2D eigenvalue weighted by Crippen LogP contribution is -2.41. The fraction of sp³-hybridized carbons (Fsp3) is 0.684. The van der Waals surface area contributed by atoms with E-state index < -0.39 is 14.1 Å². The number of benzene rings is 1. The molecule has 1 aliphatic rings. The minimum Gasteiger partial charge on any atom is -0.417 e. The van der Waals surface area contributed by atoms with Crippen LogP contribution in [0.1, 0.15) is 52.7 Å². The minimum atomic E-state index is -1.75. The van der Waals surface area contributed by atoms with E-state index in [1.165, 1.54) is 0 Å². The van der Waals surface area contributed by atoms with Gasteiger partial charge in [0.15, 0.2) is 14.1 Å². The molecule has 1 aromatic rings. The highest BCUT2D eigenvalue weighted by Gasteiger charge is 2.43. The van der Waals surface area contributed by atoms with Gasteiger partial charge in [-0.15, -0.1) is 0 Å². The van der Waals surface area contributed by atoms with Crippen LogP contribution in [0.15, 0.2) is 24.3 Å². The normalized spacial score (nSPS) is 24.3. The molecule has 2 atom stereocenters. The van der Waals surface area contributed by atoms with E-state index in [0.717, 1.165) is 17.0 Å². The standard InChI is InChI=1S/C19H31ClO3Si/c1-18(2,3)24(6,7)21-13-12-16-17(23-19(4,5)22-16)14-10-8-9-11-15(14)20/h8-11,16-17H,12-13H2,1-7H3/t16-,17-/m1/s1. The molecule has 5 heteroatoms. The largest absolute Gasteiger partial charge is 0.417 e. The van der Waals surface area contributed by atoms with Crippen LogP contribution >= 0.6 is 11.6 Å². The molecule has 136 valence electrons. The van der Waals surface area contributed by atoms with Gasteiger partial charge in [-0.25, -0.2) is 0 Å². The Bertz CT molecular complexity index is 566. The van der Waals surface area contributed by atoms with Crippen LogP contribution in [0.25, 0.3) is 0 Å². The summed E-state index contributed by atoms with van der Waals surface area (Å²) in [6, 6.07) is 7.83. The zero-order valence-electron chi connectivity index (χ0n) is 16.0. The Morgan fingerprint density at radius 2 is 1.79 bits per heavy atom. The van der Waals surface area contributed by atoms with Crippen molar-refractivity contribution in [3.63, 3.8) is 0 Å². The van der Waals surface area contributed by atoms with Gasteiger partial charge in [0.25, 0.3) is 0 Å². The predicted molar refractivity (Wildman–Crippen MR) is 102 cm³/mol. The number of hydrogen-bond donors (Lipinski definition) is 0. The molecule has 0 radical (unpaired) electrons. The molecule has 24 heavy (non-hydrogen) atoms. The molecule has 2 rings (SSSR count). The Morgan fingerprint density at radius 3 is 2.38 bits per heavy atom. The second-order valence-electron chi connectivity index (χ2n) is 8.51. The number of ether oxygens (including phenoxy) is 2. The number of rotatable bonds is 5. The summed E-state index contributed by atoms with van der Waals surface area (Å²) < 4.78 is 18.6. The van der Waals surface area contributed by atoms with E-state index in [1.807, 2.05) is 38.1 Å². The van der Waals surface area contributed by atoms with Crippen LogP contribution in [0.5, 0.6) is 0 Å². The first-order valence-corrected chi connectivity index (χ1v) is 12.0. The highest BCUT2D eigenvalue weighted by Crippen LogP contribution is 2.42. The second-order valence-corrected chi connectivity index (χ2v) is 13.7. The molecule has 0 bridgehead atoms. The molecule has 1 heterocycles. The summed E-state index contributed by atoms with van der Waals surface area (Å²) >= 11 is 6.37. The fourth-order valence-electron chi connectivity index (χ4n) is 2.66. The molecular formula is C19H31ClO3Si. The Morgan fingerprint density at radius 1 is 1.17 bits per heavy atom. The van der Waals surface area contributed by atoms with Crippen LogP contribution in [0, 0.1) is 0 Å². The molecule has 1 aliphatic heterocycles. The fourth-order valence-corrected chi connectivity index (χ4v) is 3.97. The Kier molecular flexibility index (Phi) is 5.88. The molecule has 0 N–H and O–H groups in total. The highest BCUT2D eigenvalue weighted by molar-refractivity contribution is 6.74. The monoisotopic (exact) mass is 370 g/mol. The average molecular weight is 371 g/mol. The van der Waals surface area contributed by atoms with E-state index in [1.54, 1.807) is 0 Å². The maximum Gasteiger partial charge on any atom is 0.191 e. The molecule has 0 saturated carbocycles. The summed E-state index contributed by atoms with van der Waals surface area (Å²) in [6.45, 7) is 15.9. The number of hydrogen-bond acceptors (Lipinski definition) is 3. The minimum absolute atomic E-state index is 0.0512. The van der Waals surface area contributed by atoms with E-state index in [2.05, 4.69) is 33.9 Å². The van der Waals surface area contributed by atoms with E-state index in [4.69, 9.17) is 25.5 Å². The first-order chi connectivity index (χ1) is 10.9. The van der Waals surface area contributed by atoms with Crippen molar-refractivity contribution in [2.75, 3.05) is 6.61 Å². The molecule has 0 spiro atoms. The average Bonchev–Trinajstić information content (AvgIpc) is 2.73. The van der Waals surface area contributed by atoms with Gasteiger partial charge in [0.05, 0.1) is 6.10 Å². The van der Waals surface area contributed by atoms with Crippen molar-refractivity contribution in [2.45, 2.75) is 77.2 Å². The highest BCUT2D eigenvalue weighted by atomic mass is 35.5. The summed E-state index contributed by atoms with van der Waals surface area (Å²) in [6.07, 6.45) is 0.590. The van der Waals surface area contributed by atoms with E-state index in [9.17, 15) is 0 Å². The lowest BCUT2D eigenvalue weighted by atomic mass is 10.0. The van der Waals surface area contributed by atoms with Crippen molar-refractivity contribution in [1.29, 1.82) is 0 Å². The van der Waals surface area contributed by atoms with Gasteiger partial charge in [-0.3, -0.25) is 0 Å². The Hall–Kier alpha value is -0.393. The third kappa shape index (κ3) is 4.61. The zero-order valence-corrected chi connectivity index (χ0v) is 17.7. The van der Waals surface area contributed by atoms with Crippen LogP contribution in [-0.2, 0) is 13.9 Å². The maximum atomic E-state index is 6.37. The molecule has 1 saturated heterocycles. The van der Waals surface area contributed by atoms with E-state index in [0.29, 0.717) is 6.61 Å². The Balaban J connectivity index is 2.06. The molecule has 0 aliphatic carbocycles. The van der Waals surface area contributed by atoms with Crippen molar-refractivity contribution in [2.24, 2.45) is 0 Å². The summed E-state index contributed by atoms with van der Waals surface area (Å²) in [7, 11) is -1.75. The van der Waals surface area contributed by atoms with Crippen LogP contribution in [0.4, 0.5) is 0 Å². The van der Waals surface area contributed by atoms with Crippen LogP contribution in [0.2, 0.25) is 23.2 Å². The summed E-state index contributed by atoms with van der Waals surface area (Å²) in [5, 5.41) is 0.931. The van der Waals surface area contributed by atoms with Crippen LogP contribution in [0.3, 0.4) is 0 Å². The molecular weight excluding hydrogens is 340 g/mol. The summed E-state index contributed by atoms with van der Waals surface area (Å²) in [5.74, 6) is -0.606. The second kappa shape index (κ2) is 7.08. The molecule has 0 unspecified atom stereocenters. The zero-order chi connectivity index (χ0) is 18.2. The van der Waals surface area contributed by atoms with E-state index in [-0.39, 0.29) is 17.2 Å². The Labute approximate surface area is 152 Å².